The first kappa shape index (κ1) is 17.6. The first-order valence-corrected chi connectivity index (χ1v) is 8.77. The Morgan fingerprint density at radius 3 is 2.58 bits per heavy atom. The molecule has 6 nitrogen and oxygen atoms in total. The summed E-state index contributed by atoms with van der Waals surface area (Å²) in [7, 11) is 1.30. The van der Waals surface area contributed by atoms with E-state index in [4.69, 9.17) is 4.74 Å². The van der Waals surface area contributed by atoms with Crippen molar-refractivity contribution < 1.29 is 14.3 Å². The fraction of sp³-hybridized carbons (Fsp3) is 0.105. The monoisotopic (exact) mass is 367 g/mol. The fourth-order valence-electron chi connectivity index (χ4n) is 2.33. The maximum Gasteiger partial charge on any atom is 0.339 e. The topological polar surface area (TPSA) is 80.3 Å². The van der Waals surface area contributed by atoms with Gasteiger partial charge >= 0.3 is 5.97 Å². The number of anilines is 3. The number of carbonyl (C=O) groups is 2. The summed E-state index contributed by atoms with van der Waals surface area (Å²) in [6.07, 6.45) is 0.114. The van der Waals surface area contributed by atoms with Gasteiger partial charge in [-0.05, 0) is 24.3 Å². The first-order chi connectivity index (χ1) is 12.7. The lowest BCUT2D eigenvalue weighted by molar-refractivity contribution is -0.115. The van der Waals surface area contributed by atoms with Gasteiger partial charge in [0.25, 0.3) is 0 Å². The number of thiazole rings is 1. The van der Waals surface area contributed by atoms with Gasteiger partial charge in [-0.2, -0.15) is 0 Å². The molecule has 0 fully saturated rings. The molecule has 1 aromatic heterocycles. The highest BCUT2D eigenvalue weighted by molar-refractivity contribution is 7.13. The molecule has 132 valence electrons. The van der Waals surface area contributed by atoms with E-state index in [2.05, 4.69) is 15.6 Å². The van der Waals surface area contributed by atoms with Gasteiger partial charge in [-0.25, -0.2) is 9.78 Å². The van der Waals surface area contributed by atoms with E-state index in [0.717, 1.165) is 5.69 Å². The molecule has 0 aliphatic carbocycles. The molecule has 0 bridgehead atoms. The van der Waals surface area contributed by atoms with Crippen molar-refractivity contribution in [2.75, 3.05) is 17.7 Å². The number of rotatable bonds is 6. The van der Waals surface area contributed by atoms with Crippen LogP contribution in [0.5, 0.6) is 0 Å². The quantitative estimate of drug-likeness (QED) is 0.647. The Kier molecular flexibility index (Phi) is 5.60. The summed E-state index contributed by atoms with van der Waals surface area (Å²) in [5.41, 5.74) is 2.32. The second-order valence-electron chi connectivity index (χ2n) is 5.40. The van der Waals surface area contributed by atoms with E-state index in [1.165, 1.54) is 18.4 Å². The number of hydrogen-bond acceptors (Lipinski definition) is 6. The van der Waals surface area contributed by atoms with Crippen molar-refractivity contribution in [2.45, 2.75) is 6.42 Å². The van der Waals surface area contributed by atoms with Gasteiger partial charge in [0.15, 0.2) is 5.13 Å². The predicted molar refractivity (Wildman–Crippen MR) is 102 cm³/mol. The summed E-state index contributed by atoms with van der Waals surface area (Å²) in [5, 5.41) is 8.48. The van der Waals surface area contributed by atoms with Crippen LogP contribution in [-0.4, -0.2) is 24.0 Å². The van der Waals surface area contributed by atoms with Crippen LogP contribution in [0.2, 0.25) is 0 Å². The third-order valence-electron chi connectivity index (χ3n) is 3.52. The van der Waals surface area contributed by atoms with Gasteiger partial charge in [-0.1, -0.05) is 30.3 Å². The molecule has 0 saturated heterocycles. The van der Waals surface area contributed by atoms with Crippen LogP contribution in [0.15, 0.2) is 60.0 Å². The number of benzene rings is 2. The Morgan fingerprint density at radius 2 is 1.81 bits per heavy atom. The number of aromatic nitrogens is 1. The molecule has 2 aromatic carbocycles. The van der Waals surface area contributed by atoms with E-state index < -0.39 is 5.97 Å². The molecule has 0 atom stereocenters. The van der Waals surface area contributed by atoms with Gasteiger partial charge in [0, 0.05) is 11.1 Å². The summed E-state index contributed by atoms with van der Waals surface area (Å²) in [4.78, 5) is 28.5. The van der Waals surface area contributed by atoms with Crippen LogP contribution in [0.4, 0.5) is 16.5 Å². The Morgan fingerprint density at radius 1 is 1.08 bits per heavy atom. The summed E-state index contributed by atoms with van der Waals surface area (Å²) >= 11 is 1.43. The SMILES string of the molecule is COC(=O)c1ccccc1NC(=O)Cc1csc(Nc2ccccc2)n1. The standard InChI is InChI=1S/C19H17N3O3S/c1-25-18(24)15-9-5-6-10-16(15)22-17(23)11-14-12-26-19(21-14)20-13-7-3-2-4-8-13/h2-10,12H,11H2,1H3,(H,20,21)(H,22,23). The lowest BCUT2D eigenvalue weighted by atomic mass is 10.1. The molecule has 0 spiro atoms. The summed E-state index contributed by atoms with van der Waals surface area (Å²) in [5.74, 6) is -0.748. The number of amides is 1. The highest BCUT2D eigenvalue weighted by Crippen LogP contribution is 2.21. The number of nitrogens with zero attached hydrogens (tertiary/aromatic N) is 1. The Bertz CT molecular complexity index is 909. The van der Waals surface area contributed by atoms with Crippen molar-refractivity contribution in [3.63, 3.8) is 0 Å². The number of ether oxygens (including phenoxy) is 1. The van der Waals surface area contributed by atoms with Gasteiger partial charge in [-0.15, -0.1) is 11.3 Å². The van der Waals surface area contributed by atoms with Gasteiger partial charge in [0.2, 0.25) is 5.91 Å². The molecule has 3 aromatic rings. The maximum absolute atomic E-state index is 12.3. The second-order valence-corrected chi connectivity index (χ2v) is 6.26. The van der Waals surface area contributed by atoms with Crippen molar-refractivity contribution in [1.29, 1.82) is 0 Å². The molecular formula is C19H17N3O3S. The van der Waals surface area contributed by atoms with Crippen LogP contribution in [0, 0.1) is 0 Å². The minimum absolute atomic E-state index is 0.114. The summed E-state index contributed by atoms with van der Waals surface area (Å²) < 4.78 is 4.73. The molecule has 0 aliphatic rings. The zero-order valence-corrected chi connectivity index (χ0v) is 14.9. The molecule has 0 unspecified atom stereocenters. The maximum atomic E-state index is 12.3. The lowest BCUT2D eigenvalue weighted by Gasteiger charge is -2.08. The Balaban J connectivity index is 1.63. The lowest BCUT2D eigenvalue weighted by Crippen LogP contribution is -2.17. The van der Waals surface area contributed by atoms with Crippen LogP contribution < -0.4 is 10.6 Å². The molecule has 26 heavy (non-hydrogen) atoms. The van der Waals surface area contributed by atoms with E-state index in [9.17, 15) is 9.59 Å². The van der Waals surface area contributed by atoms with Crippen LogP contribution >= 0.6 is 11.3 Å². The number of nitrogens with one attached hydrogen (secondary N) is 2. The van der Waals surface area contributed by atoms with Crippen LogP contribution in [-0.2, 0) is 16.0 Å². The second kappa shape index (κ2) is 8.26. The molecule has 0 saturated carbocycles. The van der Waals surface area contributed by atoms with E-state index in [1.54, 1.807) is 24.3 Å². The molecule has 0 radical (unpaired) electrons. The van der Waals surface area contributed by atoms with Gasteiger partial charge in [-0.3, -0.25) is 4.79 Å². The number of esters is 1. The molecule has 7 heteroatoms. The van der Waals surface area contributed by atoms with Gasteiger partial charge in [0.1, 0.15) is 0 Å². The largest absolute Gasteiger partial charge is 0.465 e. The van der Waals surface area contributed by atoms with Gasteiger partial charge in [0.05, 0.1) is 30.5 Å². The highest BCUT2D eigenvalue weighted by atomic mass is 32.1. The fourth-order valence-corrected chi connectivity index (χ4v) is 3.06. The summed E-state index contributed by atoms with van der Waals surface area (Å²) in [6, 6.07) is 16.4. The van der Waals surface area contributed by atoms with Gasteiger partial charge < -0.3 is 15.4 Å². The Labute approximate surface area is 154 Å². The number of hydrogen-bond donors (Lipinski definition) is 2. The first-order valence-electron chi connectivity index (χ1n) is 7.89. The Hall–Kier alpha value is -3.19. The zero-order valence-electron chi connectivity index (χ0n) is 14.1. The normalized spacial score (nSPS) is 10.2. The van der Waals surface area contributed by atoms with E-state index in [-0.39, 0.29) is 12.3 Å². The number of carbonyl (C=O) groups excluding carboxylic acids is 2. The average molecular weight is 367 g/mol. The van der Waals surface area contributed by atoms with E-state index in [0.29, 0.717) is 22.1 Å². The van der Waals surface area contributed by atoms with E-state index >= 15 is 0 Å². The minimum Gasteiger partial charge on any atom is -0.465 e. The van der Waals surface area contributed by atoms with Crippen LogP contribution in [0.25, 0.3) is 0 Å². The predicted octanol–water partition coefficient (Wildman–Crippen LogP) is 3.85. The third-order valence-corrected chi connectivity index (χ3v) is 4.33. The minimum atomic E-state index is -0.496. The smallest absolute Gasteiger partial charge is 0.339 e. The zero-order chi connectivity index (χ0) is 18.4. The molecule has 2 N–H and O–H groups in total. The molecule has 1 amide bonds. The molecule has 1 heterocycles. The van der Waals surface area contributed by atoms with Crippen molar-refractivity contribution in [2.24, 2.45) is 0 Å². The van der Waals surface area contributed by atoms with Crippen LogP contribution in [0.1, 0.15) is 16.1 Å². The molecule has 0 aliphatic heterocycles. The van der Waals surface area contributed by atoms with Crippen LogP contribution in [0.3, 0.4) is 0 Å². The average Bonchev–Trinajstić information content (AvgIpc) is 3.09. The summed E-state index contributed by atoms with van der Waals surface area (Å²) in [6.45, 7) is 0. The van der Waals surface area contributed by atoms with Crippen molar-refractivity contribution in [3.05, 3.63) is 71.2 Å². The third kappa shape index (κ3) is 4.46. The number of para-hydroxylation sites is 2. The van der Waals surface area contributed by atoms with Crippen molar-refractivity contribution in [3.8, 4) is 0 Å². The molecular weight excluding hydrogens is 350 g/mol. The van der Waals surface area contributed by atoms with E-state index in [1.807, 2.05) is 35.7 Å². The molecule has 3 rings (SSSR count). The number of methoxy groups -OCH3 is 1. The highest BCUT2D eigenvalue weighted by Gasteiger charge is 2.14. The van der Waals surface area contributed by atoms with Crippen molar-refractivity contribution >= 4 is 39.7 Å². The van der Waals surface area contributed by atoms with Crippen molar-refractivity contribution in [1.82, 2.24) is 4.98 Å².